The first-order chi connectivity index (χ1) is 13.6. The van der Waals surface area contributed by atoms with Crippen LogP contribution >= 0.6 is 0 Å². The van der Waals surface area contributed by atoms with Crippen molar-refractivity contribution in [1.29, 1.82) is 0 Å². The van der Waals surface area contributed by atoms with E-state index < -0.39 is 0 Å². The van der Waals surface area contributed by atoms with Crippen LogP contribution in [0.3, 0.4) is 0 Å². The SMILES string of the molecule is CCCCC(=O)OCc1cccc(-c2ccccc2COC(=O)CCCC)c1. The molecule has 2 aromatic carbocycles. The van der Waals surface area contributed by atoms with Crippen molar-refractivity contribution >= 4 is 11.9 Å². The molecule has 4 nitrogen and oxygen atoms in total. The second-order valence-electron chi connectivity index (χ2n) is 6.89. The highest BCUT2D eigenvalue weighted by Gasteiger charge is 2.09. The third-order valence-corrected chi connectivity index (χ3v) is 4.51. The number of carbonyl (C=O) groups is 2. The van der Waals surface area contributed by atoms with Gasteiger partial charge in [0.2, 0.25) is 0 Å². The van der Waals surface area contributed by atoms with Gasteiger partial charge in [0.1, 0.15) is 13.2 Å². The molecule has 2 aromatic rings. The molecule has 0 fully saturated rings. The van der Waals surface area contributed by atoms with E-state index in [0.717, 1.165) is 47.9 Å². The minimum atomic E-state index is -0.163. The molecule has 0 N–H and O–H groups in total. The van der Waals surface area contributed by atoms with Gasteiger partial charge >= 0.3 is 11.9 Å². The summed E-state index contributed by atoms with van der Waals surface area (Å²) in [5.74, 6) is -0.323. The number of carbonyl (C=O) groups excluding carboxylic acids is 2. The molecule has 0 aliphatic heterocycles. The number of benzene rings is 2. The van der Waals surface area contributed by atoms with E-state index in [9.17, 15) is 9.59 Å². The van der Waals surface area contributed by atoms with Crippen LogP contribution in [-0.2, 0) is 32.3 Å². The predicted octanol–water partition coefficient (Wildman–Crippen LogP) is 5.82. The van der Waals surface area contributed by atoms with E-state index in [1.54, 1.807) is 0 Å². The van der Waals surface area contributed by atoms with Crippen LogP contribution < -0.4 is 0 Å². The molecule has 0 amide bonds. The quantitative estimate of drug-likeness (QED) is 0.460. The van der Waals surface area contributed by atoms with E-state index in [1.807, 2.05) is 48.5 Å². The molecule has 0 radical (unpaired) electrons. The summed E-state index contributed by atoms with van der Waals surface area (Å²) in [6, 6.07) is 15.8. The van der Waals surface area contributed by atoms with Crippen LogP contribution in [0.5, 0.6) is 0 Å². The first-order valence-electron chi connectivity index (χ1n) is 10.1. The molecule has 0 aliphatic rings. The van der Waals surface area contributed by atoms with E-state index in [2.05, 4.69) is 13.8 Å². The van der Waals surface area contributed by atoms with Gasteiger partial charge in [-0.05, 0) is 41.2 Å². The Labute approximate surface area is 167 Å². The van der Waals surface area contributed by atoms with Crippen LogP contribution in [0.15, 0.2) is 48.5 Å². The second-order valence-corrected chi connectivity index (χ2v) is 6.89. The molecule has 0 saturated carbocycles. The number of esters is 2. The van der Waals surface area contributed by atoms with Crippen molar-refractivity contribution in [3.8, 4) is 11.1 Å². The molecule has 2 rings (SSSR count). The lowest BCUT2D eigenvalue weighted by Crippen LogP contribution is -2.05. The molecular formula is C24H30O4. The largest absolute Gasteiger partial charge is 0.461 e. The smallest absolute Gasteiger partial charge is 0.306 e. The van der Waals surface area contributed by atoms with E-state index in [4.69, 9.17) is 9.47 Å². The van der Waals surface area contributed by atoms with Gasteiger partial charge in [0, 0.05) is 12.8 Å². The van der Waals surface area contributed by atoms with E-state index in [1.165, 1.54) is 0 Å². The maximum Gasteiger partial charge on any atom is 0.306 e. The van der Waals surface area contributed by atoms with Crippen LogP contribution in [0.4, 0.5) is 0 Å². The lowest BCUT2D eigenvalue weighted by molar-refractivity contribution is -0.145. The number of hydrogen-bond donors (Lipinski definition) is 0. The highest BCUT2D eigenvalue weighted by atomic mass is 16.5. The molecule has 28 heavy (non-hydrogen) atoms. The summed E-state index contributed by atoms with van der Waals surface area (Å²) in [5, 5.41) is 0. The molecule has 0 aliphatic carbocycles. The van der Waals surface area contributed by atoms with Crippen molar-refractivity contribution in [2.75, 3.05) is 0 Å². The number of rotatable bonds is 11. The van der Waals surface area contributed by atoms with Gasteiger partial charge in [-0.25, -0.2) is 0 Å². The molecule has 0 bridgehead atoms. The van der Waals surface area contributed by atoms with Crippen LogP contribution in [0.1, 0.15) is 63.5 Å². The molecule has 150 valence electrons. The number of unbranched alkanes of at least 4 members (excludes halogenated alkanes) is 2. The van der Waals surface area contributed by atoms with Crippen LogP contribution in [0.2, 0.25) is 0 Å². The minimum Gasteiger partial charge on any atom is -0.461 e. The van der Waals surface area contributed by atoms with Crippen molar-refractivity contribution < 1.29 is 19.1 Å². The summed E-state index contributed by atoms with van der Waals surface area (Å²) < 4.78 is 10.8. The van der Waals surface area contributed by atoms with Crippen molar-refractivity contribution in [2.45, 2.75) is 65.6 Å². The van der Waals surface area contributed by atoms with Gasteiger partial charge in [0.25, 0.3) is 0 Å². The molecule has 0 unspecified atom stereocenters. The second kappa shape index (κ2) is 12.0. The van der Waals surface area contributed by atoms with Crippen LogP contribution in [0, 0.1) is 0 Å². The fourth-order valence-corrected chi connectivity index (χ4v) is 2.87. The van der Waals surface area contributed by atoms with E-state index in [0.29, 0.717) is 12.8 Å². The third-order valence-electron chi connectivity index (χ3n) is 4.51. The summed E-state index contributed by atoms with van der Waals surface area (Å²) in [5.41, 5.74) is 3.94. The molecule has 4 heteroatoms. The van der Waals surface area contributed by atoms with Gasteiger partial charge in [0.15, 0.2) is 0 Å². The Hall–Kier alpha value is -2.62. The first kappa shape index (κ1) is 21.7. The zero-order chi connectivity index (χ0) is 20.2. The van der Waals surface area contributed by atoms with Gasteiger partial charge in [-0.1, -0.05) is 69.2 Å². The lowest BCUT2D eigenvalue weighted by Gasteiger charge is -2.12. The molecule has 0 spiro atoms. The number of hydrogen-bond acceptors (Lipinski definition) is 4. The average molecular weight is 383 g/mol. The van der Waals surface area contributed by atoms with E-state index in [-0.39, 0.29) is 25.2 Å². The Kier molecular flexibility index (Phi) is 9.26. The average Bonchev–Trinajstić information content (AvgIpc) is 2.73. The summed E-state index contributed by atoms with van der Waals surface area (Å²) in [7, 11) is 0. The fraction of sp³-hybridized carbons (Fsp3) is 0.417. The van der Waals surface area contributed by atoms with Gasteiger partial charge in [0.05, 0.1) is 0 Å². The molecule has 0 atom stereocenters. The Bertz CT molecular complexity index is 767. The summed E-state index contributed by atoms with van der Waals surface area (Å²) in [6.45, 7) is 4.63. The Balaban J connectivity index is 2.04. The van der Waals surface area contributed by atoms with Crippen molar-refractivity contribution in [2.24, 2.45) is 0 Å². The standard InChI is InChI=1S/C24H30O4/c1-3-5-14-23(25)27-17-19-10-9-12-20(16-19)22-13-8-7-11-21(22)18-28-24(26)15-6-4-2/h7-13,16H,3-6,14-15,17-18H2,1-2H3. The predicted molar refractivity (Wildman–Crippen MR) is 111 cm³/mol. The summed E-state index contributed by atoms with van der Waals surface area (Å²) in [6.07, 6.45) is 4.56. The van der Waals surface area contributed by atoms with Crippen molar-refractivity contribution in [3.05, 3.63) is 59.7 Å². The van der Waals surface area contributed by atoms with Crippen LogP contribution in [0.25, 0.3) is 11.1 Å². The molecule has 0 saturated heterocycles. The molecular weight excluding hydrogens is 352 g/mol. The summed E-state index contributed by atoms with van der Waals surface area (Å²) in [4.78, 5) is 23.6. The molecule has 0 aromatic heterocycles. The highest BCUT2D eigenvalue weighted by molar-refractivity contribution is 5.71. The maximum absolute atomic E-state index is 11.8. The van der Waals surface area contributed by atoms with Crippen molar-refractivity contribution in [3.63, 3.8) is 0 Å². The topological polar surface area (TPSA) is 52.6 Å². The minimum absolute atomic E-state index is 0.161. The van der Waals surface area contributed by atoms with Gasteiger partial charge in [-0.2, -0.15) is 0 Å². The van der Waals surface area contributed by atoms with Crippen LogP contribution in [-0.4, -0.2) is 11.9 Å². The molecule has 0 heterocycles. The monoisotopic (exact) mass is 382 g/mol. The lowest BCUT2D eigenvalue weighted by atomic mass is 9.98. The first-order valence-corrected chi connectivity index (χ1v) is 10.1. The zero-order valence-corrected chi connectivity index (χ0v) is 16.9. The Morgan fingerprint density at radius 3 is 2.11 bits per heavy atom. The van der Waals surface area contributed by atoms with Crippen molar-refractivity contribution in [1.82, 2.24) is 0 Å². The number of ether oxygens (including phenoxy) is 2. The maximum atomic E-state index is 11.8. The zero-order valence-electron chi connectivity index (χ0n) is 16.9. The normalized spacial score (nSPS) is 10.5. The third kappa shape index (κ3) is 7.18. The highest BCUT2D eigenvalue weighted by Crippen LogP contribution is 2.25. The Morgan fingerprint density at radius 2 is 1.43 bits per heavy atom. The van der Waals surface area contributed by atoms with Gasteiger partial charge in [-0.15, -0.1) is 0 Å². The van der Waals surface area contributed by atoms with E-state index >= 15 is 0 Å². The summed E-state index contributed by atoms with van der Waals surface area (Å²) >= 11 is 0. The van der Waals surface area contributed by atoms with Gasteiger partial charge in [-0.3, -0.25) is 9.59 Å². The fourth-order valence-electron chi connectivity index (χ4n) is 2.87. The Morgan fingerprint density at radius 1 is 0.786 bits per heavy atom. The van der Waals surface area contributed by atoms with Gasteiger partial charge < -0.3 is 9.47 Å².